The summed E-state index contributed by atoms with van der Waals surface area (Å²) in [6.45, 7) is -1.69. The molecule has 0 aromatic heterocycles. The van der Waals surface area contributed by atoms with Crippen molar-refractivity contribution in [2.24, 2.45) is 0 Å². The first kappa shape index (κ1) is 48.7. The van der Waals surface area contributed by atoms with Crippen LogP contribution in [0.15, 0.2) is 0 Å². The van der Waals surface area contributed by atoms with Gasteiger partial charge in [0.25, 0.3) is 0 Å². The number of aliphatic hydroxyl groups is 10. The molecule has 0 rings (SSSR count). The summed E-state index contributed by atoms with van der Waals surface area (Å²) in [5.74, 6) is -3.45. The summed E-state index contributed by atoms with van der Waals surface area (Å²) in [5.41, 5.74) is 0. The molecule has 16 nitrogen and oxygen atoms in total. The predicted octanol–water partition coefficient (Wildman–Crippen LogP) is -7.23. The van der Waals surface area contributed by atoms with Crippen LogP contribution in [-0.2, 0) is 79.0 Å². The molecule has 0 aliphatic carbocycles. The zero-order chi connectivity index (χ0) is 21.2. The van der Waals surface area contributed by atoms with Gasteiger partial charge >= 0.3 is 70.4 Å². The van der Waals surface area contributed by atoms with Crippen molar-refractivity contribution in [3.05, 3.63) is 0 Å². The molecule has 0 aliphatic heterocycles. The van der Waals surface area contributed by atoms with Crippen molar-refractivity contribution in [1.82, 2.24) is 0 Å². The standard InChI is InChI=1S/2C6H12O7.2O.3Zn/c2*7-1-2(8)3(9)4(10)5(11)6(12)13;;;;;/h2*2-5,7-11H,1H2,(H,12,13);;;;;/q;;2*-2;3*+2/t2*2-,3-,4+,5-;;;;;/m11...../s1. The Hall–Kier alpha value is 0.330. The van der Waals surface area contributed by atoms with Gasteiger partial charge in [0.1, 0.15) is 36.6 Å². The molecule has 0 saturated carbocycles. The van der Waals surface area contributed by atoms with Crippen LogP contribution in [0.25, 0.3) is 0 Å². The van der Waals surface area contributed by atoms with Crippen molar-refractivity contribution < 1.29 is 140 Å². The molecule has 19 heteroatoms. The molecule has 0 unspecified atom stereocenters. The molecule has 0 aromatic rings. The summed E-state index contributed by atoms with van der Waals surface area (Å²) in [7, 11) is 0. The van der Waals surface area contributed by atoms with Crippen LogP contribution in [0, 0.1) is 0 Å². The normalized spacial score (nSPS) is 17.1. The Balaban J connectivity index is -0.0000000640. The van der Waals surface area contributed by atoms with Gasteiger partial charge in [0, 0.05) is 0 Å². The SMILES string of the molecule is O=C(O)[C@H](O)[C@@H](O)[C@H](O)[C@H](O)CO.O=C(O)[C@H](O)[C@@H](O)[C@H](O)[C@H](O)CO.[O-2].[O-2].[Zn+2].[Zn+2].[Zn+2]. The van der Waals surface area contributed by atoms with Crippen LogP contribution >= 0.6 is 0 Å². The van der Waals surface area contributed by atoms with E-state index in [1.165, 1.54) is 0 Å². The van der Waals surface area contributed by atoms with Crippen molar-refractivity contribution in [3.63, 3.8) is 0 Å². The first-order valence-corrected chi connectivity index (χ1v) is 6.95. The van der Waals surface area contributed by atoms with Gasteiger partial charge in [-0.15, -0.1) is 0 Å². The Morgan fingerprint density at radius 3 is 0.839 bits per heavy atom. The average molecular weight is 620 g/mol. The van der Waals surface area contributed by atoms with E-state index in [2.05, 4.69) is 0 Å². The number of hydrogen-bond acceptors (Lipinski definition) is 12. The van der Waals surface area contributed by atoms with E-state index in [1.807, 2.05) is 0 Å². The van der Waals surface area contributed by atoms with Gasteiger partial charge in [-0.3, -0.25) is 0 Å². The van der Waals surface area contributed by atoms with E-state index in [0.29, 0.717) is 0 Å². The molecular weight excluding hydrogens is 596 g/mol. The van der Waals surface area contributed by atoms with E-state index < -0.39 is 74.0 Å². The maximum Gasteiger partial charge on any atom is 2.00 e. The number of rotatable bonds is 10. The van der Waals surface area contributed by atoms with Gasteiger partial charge in [-0.1, -0.05) is 0 Å². The number of carboxylic acids is 2. The second-order valence-corrected chi connectivity index (χ2v) is 5.03. The number of aliphatic hydroxyl groups excluding tert-OH is 10. The Morgan fingerprint density at radius 1 is 0.516 bits per heavy atom. The summed E-state index contributed by atoms with van der Waals surface area (Å²) in [4.78, 5) is 20.2. The maximum absolute atomic E-state index is 10.1. The number of carbonyl (C=O) groups is 2. The summed E-state index contributed by atoms with van der Waals surface area (Å²) < 4.78 is 0. The van der Waals surface area contributed by atoms with Gasteiger partial charge in [-0.05, 0) is 0 Å². The van der Waals surface area contributed by atoms with E-state index in [0.717, 1.165) is 0 Å². The van der Waals surface area contributed by atoms with Crippen LogP contribution in [0.3, 0.4) is 0 Å². The maximum atomic E-state index is 10.1. The third-order valence-electron chi connectivity index (χ3n) is 3.02. The molecule has 0 amide bonds. The van der Waals surface area contributed by atoms with Gasteiger partial charge in [-0.2, -0.15) is 0 Å². The van der Waals surface area contributed by atoms with Crippen molar-refractivity contribution in [2.75, 3.05) is 13.2 Å². The van der Waals surface area contributed by atoms with Gasteiger partial charge in [0.05, 0.1) is 13.2 Å². The quantitative estimate of drug-likeness (QED) is 0.101. The molecule has 0 saturated heterocycles. The van der Waals surface area contributed by atoms with Crippen molar-refractivity contribution >= 4 is 11.9 Å². The molecule has 8 atom stereocenters. The topological polar surface area (TPSA) is 334 Å². The molecule has 0 heterocycles. The molecule has 0 spiro atoms. The van der Waals surface area contributed by atoms with E-state index in [1.54, 1.807) is 0 Å². The van der Waals surface area contributed by atoms with E-state index in [9.17, 15) is 9.59 Å². The Kier molecular flexibility index (Phi) is 39.2. The van der Waals surface area contributed by atoms with E-state index >= 15 is 0 Å². The fourth-order valence-corrected chi connectivity index (χ4v) is 1.34. The Morgan fingerprint density at radius 2 is 0.710 bits per heavy atom. The molecule has 12 N–H and O–H groups in total. The fourth-order valence-electron chi connectivity index (χ4n) is 1.34. The fraction of sp³-hybridized carbons (Fsp3) is 0.833. The molecule has 0 radical (unpaired) electrons. The van der Waals surface area contributed by atoms with Crippen LogP contribution in [0.4, 0.5) is 0 Å². The van der Waals surface area contributed by atoms with Crippen LogP contribution in [0.2, 0.25) is 0 Å². The Labute approximate surface area is 213 Å². The van der Waals surface area contributed by atoms with Crippen molar-refractivity contribution in [2.45, 2.75) is 48.8 Å². The van der Waals surface area contributed by atoms with Gasteiger partial charge in [0.15, 0.2) is 12.2 Å². The Bertz CT molecular complexity index is 395. The minimum atomic E-state index is -2.20. The number of carboxylic acid groups (broad SMARTS) is 2. The zero-order valence-corrected chi connectivity index (χ0v) is 25.1. The van der Waals surface area contributed by atoms with Crippen LogP contribution in [0.5, 0.6) is 0 Å². The van der Waals surface area contributed by atoms with Gasteiger partial charge < -0.3 is 72.2 Å². The van der Waals surface area contributed by atoms with Crippen molar-refractivity contribution in [3.8, 4) is 0 Å². The van der Waals surface area contributed by atoms with Gasteiger partial charge in [-0.25, -0.2) is 9.59 Å². The average Bonchev–Trinajstić information content (AvgIpc) is 2.62. The van der Waals surface area contributed by atoms with Crippen LogP contribution in [-0.4, -0.2) is 135 Å². The first-order valence-electron chi connectivity index (χ1n) is 6.95. The molecular formula is C12H24O16Zn3+2. The monoisotopic (exact) mass is 616 g/mol. The van der Waals surface area contributed by atoms with E-state index in [-0.39, 0.29) is 69.4 Å². The summed E-state index contributed by atoms with van der Waals surface area (Å²) >= 11 is 0. The van der Waals surface area contributed by atoms with Crippen molar-refractivity contribution in [1.29, 1.82) is 0 Å². The summed E-state index contributed by atoms with van der Waals surface area (Å²) in [5, 5.41) is 104. The third-order valence-corrected chi connectivity index (χ3v) is 3.02. The predicted molar refractivity (Wildman–Crippen MR) is 78.9 cm³/mol. The molecule has 172 valence electrons. The number of hydrogen-bond donors (Lipinski definition) is 12. The molecule has 0 fully saturated rings. The van der Waals surface area contributed by atoms with E-state index in [4.69, 9.17) is 61.3 Å². The second kappa shape index (κ2) is 25.0. The van der Waals surface area contributed by atoms with Crippen LogP contribution in [0.1, 0.15) is 0 Å². The second-order valence-electron chi connectivity index (χ2n) is 5.03. The third kappa shape index (κ3) is 18.4. The minimum absolute atomic E-state index is 0. The minimum Gasteiger partial charge on any atom is -2.00 e. The van der Waals surface area contributed by atoms with Gasteiger partial charge in [0.2, 0.25) is 0 Å². The summed E-state index contributed by atoms with van der Waals surface area (Å²) in [6.07, 6.45) is -15.7. The number of aliphatic carboxylic acids is 2. The molecule has 0 aliphatic rings. The largest absolute Gasteiger partial charge is 2.00 e. The summed E-state index contributed by atoms with van der Waals surface area (Å²) in [6, 6.07) is 0. The molecule has 31 heavy (non-hydrogen) atoms. The zero-order valence-electron chi connectivity index (χ0n) is 16.2. The van der Waals surface area contributed by atoms with Crippen LogP contribution < -0.4 is 0 Å². The smallest absolute Gasteiger partial charge is 2.00 e. The first-order chi connectivity index (χ1) is 11.8. The molecule has 0 aromatic carbocycles. The molecule has 0 bridgehead atoms.